The molecule has 1 aromatic heterocycles. The summed E-state index contributed by atoms with van der Waals surface area (Å²) in [6.07, 6.45) is 0. The zero-order chi connectivity index (χ0) is 38.2. The number of hydrogen-bond acceptors (Lipinski definition) is 4. The van der Waals surface area contributed by atoms with Gasteiger partial charge in [0.25, 0.3) is 0 Å². The van der Waals surface area contributed by atoms with E-state index in [2.05, 4.69) is 170 Å². The number of para-hydroxylation sites is 1. The first kappa shape index (κ1) is 32.5. The van der Waals surface area contributed by atoms with Crippen LogP contribution in [-0.4, -0.2) is 15.0 Å². The summed E-state index contributed by atoms with van der Waals surface area (Å²) < 4.78 is 7.28. The SMILES string of the molecule is c1ccc(-c2nc(-c3ccc(-c4ccc5ccccc5c4)cc3)nc(-c3cccc4c3Oc3c(ccc5ccccc35)C43c4ccccc4-c4ccccc43)n2)cc1. The average Bonchev–Trinajstić information content (AvgIpc) is 3.59. The molecular formula is C54H33N3O. The van der Waals surface area contributed by atoms with E-state index in [0.717, 1.165) is 61.2 Å². The molecule has 4 heteroatoms. The van der Waals surface area contributed by atoms with Crippen molar-refractivity contribution < 1.29 is 4.74 Å². The third-order valence-electron chi connectivity index (χ3n) is 12.0. The van der Waals surface area contributed by atoms with Crippen molar-refractivity contribution in [2.45, 2.75) is 5.41 Å². The third-order valence-corrected chi connectivity index (χ3v) is 12.0. The summed E-state index contributed by atoms with van der Waals surface area (Å²) in [5, 5.41) is 4.63. The average molecular weight is 740 g/mol. The number of aromatic nitrogens is 3. The molecule has 4 nitrogen and oxygen atoms in total. The minimum atomic E-state index is -0.632. The normalized spacial score (nSPS) is 13.1. The standard InChI is InChI=1S/C54H33N3O/c1-2-15-37(16-3-1)51-55-52(38-28-25-35(26-29-38)40-30-27-34-13-4-5-17-39(34)33-40)57-53(56-51)44-21-12-24-47-50(44)58-49-41-18-7-6-14-36(41)31-32-48(49)54(47)45-22-10-8-19-42(45)43-20-9-11-23-46(43)54/h1-33H. The fraction of sp³-hybridized carbons (Fsp3) is 0.0185. The van der Waals surface area contributed by atoms with E-state index in [1.165, 1.54) is 33.0 Å². The zero-order valence-corrected chi connectivity index (χ0v) is 31.3. The van der Waals surface area contributed by atoms with Gasteiger partial charge in [-0.2, -0.15) is 0 Å². The summed E-state index contributed by atoms with van der Waals surface area (Å²) in [6.45, 7) is 0. The van der Waals surface area contributed by atoms with Crippen LogP contribution >= 0.6 is 0 Å². The molecule has 1 aliphatic carbocycles. The minimum absolute atomic E-state index is 0.553. The van der Waals surface area contributed by atoms with E-state index in [1.54, 1.807) is 0 Å². The van der Waals surface area contributed by atoms with Gasteiger partial charge in [0, 0.05) is 27.6 Å². The second kappa shape index (κ2) is 12.7. The van der Waals surface area contributed by atoms with Crippen LogP contribution in [0.15, 0.2) is 200 Å². The van der Waals surface area contributed by atoms with Crippen LogP contribution in [0.5, 0.6) is 11.5 Å². The molecule has 2 heterocycles. The van der Waals surface area contributed by atoms with E-state index in [9.17, 15) is 0 Å². The molecule has 10 aromatic rings. The monoisotopic (exact) mass is 739 g/mol. The Morgan fingerprint density at radius 2 is 0.828 bits per heavy atom. The number of hydrogen-bond donors (Lipinski definition) is 0. The van der Waals surface area contributed by atoms with Gasteiger partial charge in [-0.25, -0.2) is 15.0 Å². The Balaban J connectivity index is 1.08. The lowest BCUT2D eigenvalue weighted by Gasteiger charge is -2.40. The van der Waals surface area contributed by atoms with Crippen molar-refractivity contribution in [1.82, 2.24) is 15.0 Å². The highest BCUT2D eigenvalue weighted by atomic mass is 16.5. The van der Waals surface area contributed by atoms with Crippen LogP contribution in [0.4, 0.5) is 0 Å². The van der Waals surface area contributed by atoms with Crippen LogP contribution in [0.2, 0.25) is 0 Å². The van der Waals surface area contributed by atoms with Gasteiger partial charge in [0.15, 0.2) is 17.5 Å². The Bertz CT molecular complexity index is 3220. The van der Waals surface area contributed by atoms with Crippen molar-refractivity contribution in [3.63, 3.8) is 0 Å². The van der Waals surface area contributed by atoms with E-state index >= 15 is 0 Å². The highest BCUT2D eigenvalue weighted by Crippen LogP contribution is 2.64. The minimum Gasteiger partial charge on any atom is -0.455 e. The number of ether oxygens (including phenoxy) is 1. The second-order valence-electron chi connectivity index (χ2n) is 15.1. The molecule has 58 heavy (non-hydrogen) atoms. The van der Waals surface area contributed by atoms with Crippen LogP contribution in [0.25, 0.3) is 78.0 Å². The van der Waals surface area contributed by atoms with Crippen molar-refractivity contribution in [2.24, 2.45) is 0 Å². The molecule has 1 aliphatic heterocycles. The van der Waals surface area contributed by atoms with Gasteiger partial charge < -0.3 is 4.74 Å². The largest absolute Gasteiger partial charge is 0.455 e. The summed E-state index contributed by atoms with van der Waals surface area (Å²) in [4.78, 5) is 15.6. The number of benzene rings is 9. The molecule has 0 fully saturated rings. The van der Waals surface area contributed by atoms with Gasteiger partial charge in [0.1, 0.15) is 11.5 Å². The van der Waals surface area contributed by atoms with E-state index in [-0.39, 0.29) is 0 Å². The predicted octanol–water partition coefficient (Wildman–Crippen LogP) is 13.3. The van der Waals surface area contributed by atoms with Crippen molar-refractivity contribution >= 4 is 21.5 Å². The van der Waals surface area contributed by atoms with Gasteiger partial charge in [-0.1, -0.05) is 188 Å². The molecule has 0 radical (unpaired) electrons. The Hall–Kier alpha value is -7.69. The van der Waals surface area contributed by atoms with Crippen LogP contribution in [-0.2, 0) is 5.41 Å². The van der Waals surface area contributed by atoms with Gasteiger partial charge in [-0.3, -0.25) is 0 Å². The lowest BCUT2D eigenvalue weighted by Crippen LogP contribution is -2.32. The molecular weight excluding hydrogens is 707 g/mol. The number of fused-ring (bicyclic) bond motifs is 12. The molecule has 0 amide bonds. The first-order valence-corrected chi connectivity index (χ1v) is 19.7. The summed E-state index contributed by atoms with van der Waals surface area (Å²) in [5.41, 5.74) is 11.4. The van der Waals surface area contributed by atoms with Gasteiger partial charge >= 0.3 is 0 Å². The van der Waals surface area contributed by atoms with E-state index in [1.807, 2.05) is 30.3 Å². The smallest absolute Gasteiger partial charge is 0.167 e. The quantitative estimate of drug-likeness (QED) is 0.180. The molecule has 0 unspecified atom stereocenters. The number of nitrogens with zero attached hydrogens (tertiary/aromatic N) is 3. The van der Waals surface area contributed by atoms with Crippen molar-refractivity contribution in [2.75, 3.05) is 0 Å². The Morgan fingerprint density at radius 3 is 1.59 bits per heavy atom. The predicted molar refractivity (Wildman–Crippen MR) is 234 cm³/mol. The second-order valence-corrected chi connectivity index (χ2v) is 15.1. The highest BCUT2D eigenvalue weighted by molar-refractivity contribution is 5.97. The van der Waals surface area contributed by atoms with Crippen LogP contribution in [0, 0.1) is 0 Å². The lowest BCUT2D eigenvalue weighted by molar-refractivity contribution is 0.443. The summed E-state index contributed by atoms with van der Waals surface area (Å²) in [7, 11) is 0. The Labute approximate surface area is 335 Å². The maximum Gasteiger partial charge on any atom is 0.167 e. The molecule has 0 atom stereocenters. The maximum atomic E-state index is 7.28. The van der Waals surface area contributed by atoms with E-state index < -0.39 is 5.41 Å². The fourth-order valence-corrected chi connectivity index (χ4v) is 9.35. The van der Waals surface area contributed by atoms with E-state index in [0.29, 0.717) is 17.5 Å². The third kappa shape index (κ3) is 4.79. The fourth-order valence-electron chi connectivity index (χ4n) is 9.35. The molecule has 0 saturated heterocycles. The molecule has 0 saturated carbocycles. The summed E-state index contributed by atoms with van der Waals surface area (Å²) in [5.74, 6) is 3.36. The zero-order valence-electron chi connectivity index (χ0n) is 31.3. The summed E-state index contributed by atoms with van der Waals surface area (Å²) in [6, 6.07) is 70.8. The first-order chi connectivity index (χ1) is 28.7. The highest BCUT2D eigenvalue weighted by Gasteiger charge is 2.52. The van der Waals surface area contributed by atoms with Gasteiger partial charge in [0.05, 0.1) is 11.0 Å². The van der Waals surface area contributed by atoms with Crippen LogP contribution < -0.4 is 4.74 Å². The molecule has 9 aromatic carbocycles. The topological polar surface area (TPSA) is 47.9 Å². The van der Waals surface area contributed by atoms with Crippen molar-refractivity contribution in [3.8, 4) is 67.9 Å². The first-order valence-electron chi connectivity index (χ1n) is 19.7. The van der Waals surface area contributed by atoms with Gasteiger partial charge in [-0.05, 0) is 61.7 Å². The molecule has 0 bridgehead atoms. The van der Waals surface area contributed by atoms with Gasteiger partial charge in [0.2, 0.25) is 0 Å². The van der Waals surface area contributed by atoms with Crippen LogP contribution in [0.3, 0.4) is 0 Å². The molecule has 270 valence electrons. The lowest BCUT2D eigenvalue weighted by atomic mass is 9.65. The van der Waals surface area contributed by atoms with Gasteiger partial charge in [-0.15, -0.1) is 0 Å². The molecule has 1 spiro atoms. The Morgan fingerprint density at radius 1 is 0.310 bits per heavy atom. The molecule has 2 aliphatic rings. The van der Waals surface area contributed by atoms with E-state index in [4.69, 9.17) is 19.7 Å². The van der Waals surface area contributed by atoms with Crippen molar-refractivity contribution in [1.29, 1.82) is 0 Å². The summed E-state index contributed by atoms with van der Waals surface area (Å²) >= 11 is 0. The maximum absolute atomic E-state index is 7.28. The number of rotatable bonds is 4. The van der Waals surface area contributed by atoms with Crippen molar-refractivity contribution in [3.05, 3.63) is 222 Å². The molecule has 12 rings (SSSR count). The van der Waals surface area contributed by atoms with Crippen LogP contribution in [0.1, 0.15) is 22.3 Å². The Kier molecular flexibility index (Phi) is 7.11. The molecule has 0 N–H and O–H groups in total.